The summed E-state index contributed by atoms with van der Waals surface area (Å²) in [6.45, 7) is 8.59. The third-order valence-electron chi connectivity index (χ3n) is 7.61. The normalized spacial score (nSPS) is 16.7. The summed E-state index contributed by atoms with van der Waals surface area (Å²) in [7, 11) is 0. The van der Waals surface area contributed by atoms with E-state index in [-0.39, 0.29) is 12.1 Å². The Labute approximate surface area is 241 Å². The third kappa shape index (κ3) is 4.75. The molecule has 5 nitrogen and oxygen atoms in total. The zero-order chi connectivity index (χ0) is 27.8. The fraction of sp³-hybridized carbons (Fsp3) is 0.176. The van der Waals surface area contributed by atoms with Crippen LogP contribution in [0.2, 0.25) is 0 Å². The molecule has 2 unspecified atom stereocenters. The average molecular weight is 545 g/mol. The summed E-state index contributed by atoms with van der Waals surface area (Å²) in [5.74, 6) is 1.59. The van der Waals surface area contributed by atoms with Crippen LogP contribution in [0.4, 0.5) is 5.69 Å². The first kappa shape index (κ1) is 25.8. The predicted octanol–water partition coefficient (Wildman–Crippen LogP) is 8.08. The van der Waals surface area contributed by atoms with Gasteiger partial charge in [-0.1, -0.05) is 42.0 Å². The molecule has 200 valence electrons. The summed E-state index contributed by atoms with van der Waals surface area (Å²) < 4.78 is 8.44. The molecule has 6 rings (SSSR count). The van der Waals surface area contributed by atoms with Crippen molar-refractivity contribution in [3.63, 3.8) is 0 Å². The summed E-state index contributed by atoms with van der Waals surface area (Å²) in [5, 5.41) is 4.26. The number of nitrogens with zero attached hydrogens (tertiary/aromatic N) is 3. The molecule has 6 heteroatoms. The first-order valence-corrected chi connectivity index (χ1v) is 13.9. The number of aromatic nitrogens is 2. The van der Waals surface area contributed by atoms with Gasteiger partial charge in [0.1, 0.15) is 11.5 Å². The highest BCUT2D eigenvalue weighted by atomic mass is 32.1. The maximum atomic E-state index is 6.10. The minimum absolute atomic E-state index is 0.0877. The van der Waals surface area contributed by atoms with Crippen LogP contribution in [0, 0.1) is 27.7 Å². The Morgan fingerprint density at radius 3 is 2.15 bits per heavy atom. The van der Waals surface area contributed by atoms with Crippen LogP contribution in [0.1, 0.15) is 45.9 Å². The lowest BCUT2D eigenvalue weighted by Crippen LogP contribution is -2.29. The van der Waals surface area contributed by atoms with Crippen molar-refractivity contribution in [2.75, 3.05) is 4.90 Å². The fourth-order valence-corrected chi connectivity index (χ4v) is 5.98. The average Bonchev–Trinajstić information content (AvgIpc) is 3.46. The van der Waals surface area contributed by atoms with Crippen LogP contribution >= 0.6 is 12.2 Å². The van der Waals surface area contributed by atoms with Gasteiger partial charge in [-0.25, -0.2) is 0 Å². The van der Waals surface area contributed by atoms with Crippen molar-refractivity contribution in [1.82, 2.24) is 14.9 Å². The highest BCUT2D eigenvalue weighted by Crippen LogP contribution is 2.44. The zero-order valence-corrected chi connectivity index (χ0v) is 23.9. The number of pyridine rings is 1. The van der Waals surface area contributed by atoms with E-state index >= 15 is 0 Å². The van der Waals surface area contributed by atoms with Gasteiger partial charge in [0.05, 0.1) is 17.8 Å². The molecule has 2 atom stereocenters. The van der Waals surface area contributed by atoms with Gasteiger partial charge in [-0.05, 0) is 112 Å². The lowest BCUT2D eigenvalue weighted by Gasteiger charge is -2.28. The molecular weight excluding hydrogens is 512 g/mol. The zero-order valence-electron chi connectivity index (χ0n) is 23.1. The molecule has 0 amide bonds. The Morgan fingerprint density at radius 2 is 1.48 bits per heavy atom. The van der Waals surface area contributed by atoms with Crippen LogP contribution < -0.4 is 15.0 Å². The van der Waals surface area contributed by atoms with E-state index in [2.05, 4.69) is 91.0 Å². The first-order valence-electron chi connectivity index (χ1n) is 13.5. The second kappa shape index (κ2) is 10.6. The lowest BCUT2D eigenvalue weighted by atomic mass is 9.96. The molecule has 3 aromatic carbocycles. The van der Waals surface area contributed by atoms with Crippen molar-refractivity contribution in [3.05, 3.63) is 137 Å². The van der Waals surface area contributed by atoms with Gasteiger partial charge in [-0.2, -0.15) is 0 Å². The number of benzene rings is 3. The standard InChI is InChI=1S/C34H32N4OS/c1-22-12-16-27(17-13-22)39-28-18-14-26(15-19-28)38-33(32(36-34(38)40)30-10-7-8-20-35-30)29-21-24(3)37(25(29)4)31-11-6-5-9-23(31)2/h5-21,32-33H,1-4H3,(H,36,40). The molecule has 40 heavy (non-hydrogen) atoms. The van der Waals surface area contributed by atoms with Gasteiger partial charge in [0.15, 0.2) is 5.11 Å². The van der Waals surface area contributed by atoms with Gasteiger partial charge in [0.25, 0.3) is 0 Å². The summed E-state index contributed by atoms with van der Waals surface area (Å²) in [5.41, 5.74) is 9.16. The monoisotopic (exact) mass is 544 g/mol. The van der Waals surface area contributed by atoms with Crippen molar-refractivity contribution in [2.24, 2.45) is 0 Å². The van der Waals surface area contributed by atoms with Gasteiger partial charge < -0.3 is 19.5 Å². The number of ether oxygens (including phenoxy) is 1. The molecule has 1 saturated heterocycles. The van der Waals surface area contributed by atoms with E-state index in [9.17, 15) is 0 Å². The smallest absolute Gasteiger partial charge is 0.174 e. The summed E-state index contributed by atoms with van der Waals surface area (Å²) in [4.78, 5) is 6.94. The lowest BCUT2D eigenvalue weighted by molar-refractivity contribution is 0.482. The minimum atomic E-state index is -0.108. The van der Waals surface area contributed by atoms with Crippen LogP contribution in [-0.4, -0.2) is 14.7 Å². The van der Waals surface area contributed by atoms with Crippen molar-refractivity contribution >= 4 is 23.0 Å². The Kier molecular flexibility index (Phi) is 6.86. The number of hydrogen-bond donors (Lipinski definition) is 1. The Hall–Kier alpha value is -4.42. The molecule has 0 saturated carbocycles. The number of anilines is 1. The quantitative estimate of drug-likeness (QED) is 0.219. The molecule has 1 aliphatic heterocycles. The van der Waals surface area contributed by atoms with E-state index in [0.29, 0.717) is 5.11 Å². The summed E-state index contributed by atoms with van der Waals surface area (Å²) in [6.07, 6.45) is 1.84. The van der Waals surface area contributed by atoms with Crippen molar-refractivity contribution in [1.29, 1.82) is 0 Å². The topological polar surface area (TPSA) is 42.3 Å². The van der Waals surface area contributed by atoms with Gasteiger partial charge >= 0.3 is 0 Å². The largest absolute Gasteiger partial charge is 0.457 e. The second-order valence-electron chi connectivity index (χ2n) is 10.4. The summed E-state index contributed by atoms with van der Waals surface area (Å²) in [6, 6.07) is 32.9. The maximum Gasteiger partial charge on any atom is 0.174 e. The highest BCUT2D eigenvalue weighted by molar-refractivity contribution is 7.80. The maximum absolute atomic E-state index is 6.10. The summed E-state index contributed by atoms with van der Waals surface area (Å²) >= 11 is 5.97. The van der Waals surface area contributed by atoms with E-state index in [1.54, 1.807) is 0 Å². The molecular formula is C34H32N4OS. The molecule has 1 N–H and O–H groups in total. The first-order chi connectivity index (χ1) is 19.4. The van der Waals surface area contributed by atoms with Crippen molar-refractivity contribution in [3.8, 4) is 17.2 Å². The number of hydrogen-bond acceptors (Lipinski definition) is 3. The van der Waals surface area contributed by atoms with Crippen LogP contribution in [0.15, 0.2) is 103 Å². The second-order valence-corrected chi connectivity index (χ2v) is 10.7. The number of para-hydroxylation sites is 1. The van der Waals surface area contributed by atoms with E-state index in [1.165, 1.54) is 33.8 Å². The molecule has 1 fully saturated rings. The number of nitrogens with one attached hydrogen (secondary N) is 1. The number of aryl methyl sites for hydroxylation is 3. The molecule has 0 aliphatic carbocycles. The van der Waals surface area contributed by atoms with E-state index in [4.69, 9.17) is 21.9 Å². The molecule has 5 aromatic rings. The highest BCUT2D eigenvalue weighted by Gasteiger charge is 2.42. The molecule has 0 radical (unpaired) electrons. The Morgan fingerprint density at radius 1 is 0.800 bits per heavy atom. The van der Waals surface area contributed by atoms with Gasteiger partial charge in [-0.15, -0.1) is 0 Å². The molecule has 1 aliphatic rings. The minimum Gasteiger partial charge on any atom is -0.457 e. The van der Waals surface area contributed by atoms with Crippen LogP contribution in [-0.2, 0) is 0 Å². The molecule has 0 bridgehead atoms. The third-order valence-corrected chi connectivity index (χ3v) is 7.93. The Bertz CT molecular complexity index is 1660. The predicted molar refractivity (Wildman–Crippen MR) is 166 cm³/mol. The van der Waals surface area contributed by atoms with Gasteiger partial charge in [0, 0.05) is 29.0 Å². The van der Waals surface area contributed by atoms with Crippen LogP contribution in [0.5, 0.6) is 11.5 Å². The molecule has 2 aromatic heterocycles. The van der Waals surface area contributed by atoms with E-state index in [0.717, 1.165) is 22.9 Å². The Balaban J connectivity index is 1.41. The van der Waals surface area contributed by atoms with Crippen LogP contribution in [0.3, 0.4) is 0 Å². The van der Waals surface area contributed by atoms with Gasteiger partial charge in [-0.3, -0.25) is 4.98 Å². The molecule has 3 heterocycles. The van der Waals surface area contributed by atoms with E-state index in [1.807, 2.05) is 54.7 Å². The fourth-order valence-electron chi connectivity index (χ4n) is 5.64. The SMILES string of the molecule is Cc1ccc(Oc2ccc(N3C(=S)NC(c4ccccn4)C3c3cc(C)n(-c4ccccc4C)c3C)cc2)cc1. The molecule has 0 spiro atoms. The van der Waals surface area contributed by atoms with Crippen molar-refractivity contribution < 1.29 is 4.74 Å². The van der Waals surface area contributed by atoms with E-state index < -0.39 is 0 Å². The van der Waals surface area contributed by atoms with Crippen molar-refractivity contribution in [2.45, 2.75) is 39.8 Å². The van der Waals surface area contributed by atoms with Gasteiger partial charge in [0.2, 0.25) is 0 Å². The van der Waals surface area contributed by atoms with Crippen LogP contribution in [0.25, 0.3) is 5.69 Å². The number of thiocarbonyl (C=S) groups is 1. The number of rotatable bonds is 6.